The molecule has 0 radical (unpaired) electrons. The average molecular weight is 473 g/mol. The minimum absolute atomic E-state index is 0.0388. The molecular formula is C23H22F2N4OS2. The van der Waals surface area contributed by atoms with E-state index in [9.17, 15) is 8.78 Å². The molecule has 5 heterocycles. The van der Waals surface area contributed by atoms with Crippen molar-refractivity contribution in [3.63, 3.8) is 0 Å². The normalized spacial score (nSPS) is 23.8. The smallest absolute Gasteiger partial charge is 0.176 e. The summed E-state index contributed by atoms with van der Waals surface area (Å²) < 4.78 is 36.1. The molecule has 32 heavy (non-hydrogen) atoms. The van der Waals surface area contributed by atoms with E-state index < -0.39 is 11.6 Å². The number of likely N-dealkylation sites (tertiary alicyclic amines) is 1. The summed E-state index contributed by atoms with van der Waals surface area (Å²) >= 11 is 2.89. The van der Waals surface area contributed by atoms with Crippen LogP contribution in [-0.2, 0) is 4.74 Å². The number of hydrogen-bond acceptors (Lipinski definition) is 7. The molecule has 6 rings (SSSR count). The third-order valence-corrected chi connectivity index (χ3v) is 8.89. The number of aromatic nitrogens is 2. The van der Waals surface area contributed by atoms with Crippen LogP contribution in [0.1, 0.15) is 30.6 Å². The van der Waals surface area contributed by atoms with Crippen LogP contribution in [0.2, 0.25) is 0 Å². The molecule has 2 aliphatic rings. The maximum atomic E-state index is 15.0. The number of pyridine rings is 1. The third-order valence-electron chi connectivity index (χ3n) is 6.96. The van der Waals surface area contributed by atoms with Gasteiger partial charge < -0.3 is 10.1 Å². The van der Waals surface area contributed by atoms with Crippen LogP contribution in [0.4, 0.5) is 20.2 Å². The molecule has 2 aliphatic heterocycles. The van der Waals surface area contributed by atoms with Crippen molar-refractivity contribution in [1.29, 1.82) is 0 Å². The Labute approximate surface area is 192 Å². The lowest BCUT2D eigenvalue weighted by molar-refractivity contribution is 0.0963. The van der Waals surface area contributed by atoms with Crippen LogP contribution in [0, 0.1) is 11.6 Å². The van der Waals surface area contributed by atoms with Crippen molar-refractivity contribution in [1.82, 2.24) is 14.9 Å². The summed E-state index contributed by atoms with van der Waals surface area (Å²) in [5.74, 6) is -0.925. The second-order valence-electron chi connectivity index (χ2n) is 8.42. The largest absolute Gasteiger partial charge is 0.379 e. The molecule has 0 aliphatic carbocycles. The summed E-state index contributed by atoms with van der Waals surface area (Å²) in [7, 11) is 0. The third kappa shape index (κ3) is 2.98. The molecule has 2 atom stereocenters. The molecule has 1 spiro atoms. The SMILES string of the molecule is CCN1CC[C@@H](c2cc3c(Nc4c(F)cc5scnc5c4F)ccnc3s2)[C@]12CCOC2. The van der Waals surface area contributed by atoms with E-state index in [2.05, 4.69) is 33.2 Å². The van der Waals surface area contributed by atoms with Gasteiger partial charge in [0, 0.05) is 29.0 Å². The summed E-state index contributed by atoms with van der Waals surface area (Å²) in [5, 5.41) is 3.88. The molecule has 1 aromatic carbocycles. The first-order chi connectivity index (χ1) is 15.6. The molecule has 4 aromatic rings. The van der Waals surface area contributed by atoms with Gasteiger partial charge in [0.25, 0.3) is 0 Å². The highest BCUT2D eigenvalue weighted by molar-refractivity contribution is 7.18. The lowest BCUT2D eigenvalue weighted by Gasteiger charge is -2.37. The Morgan fingerprint density at radius 2 is 2.22 bits per heavy atom. The molecule has 1 N–H and O–H groups in total. The molecule has 5 nitrogen and oxygen atoms in total. The molecule has 2 fully saturated rings. The van der Waals surface area contributed by atoms with Crippen LogP contribution in [0.15, 0.2) is 29.9 Å². The number of benzene rings is 1. The molecule has 166 valence electrons. The standard InChI is InChI=1S/C23H22F2N4OS2/c1-2-29-7-4-14(23(29)5-8-30-11-23)17-9-13-16(3-6-26-22(13)32-17)28-20-15(24)10-18-21(19(20)25)27-12-31-18/h3,6,9-10,12,14H,2,4-5,7-8,11H2,1H3,(H,26,28)/t14-,23+/m0/s1. The fraction of sp³-hybridized carbons (Fsp3) is 0.391. The first-order valence-electron chi connectivity index (χ1n) is 10.8. The number of likely N-dealkylation sites (N-methyl/N-ethyl adjacent to an activating group) is 1. The van der Waals surface area contributed by atoms with Gasteiger partial charge in [0.05, 0.1) is 28.0 Å². The summed E-state index contributed by atoms with van der Waals surface area (Å²) in [6, 6.07) is 5.25. The molecule has 3 aromatic heterocycles. The first-order valence-corrected chi connectivity index (χ1v) is 12.5. The van der Waals surface area contributed by atoms with Crippen molar-refractivity contribution >= 4 is 54.5 Å². The maximum Gasteiger partial charge on any atom is 0.176 e. The lowest BCUT2D eigenvalue weighted by Crippen LogP contribution is -2.47. The number of thiazole rings is 1. The van der Waals surface area contributed by atoms with E-state index in [1.54, 1.807) is 23.6 Å². The van der Waals surface area contributed by atoms with Gasteiger partial charge in [-0.15, -0.1) is 22.7 Å². The van der Waals surface area contributed by atoms with Crippen LogP contribution in [0.5, 0.6) is 0 Å². The van der Waals surface area contributed by atoms with E-state index in [1.807, 2.05) is 0 Å². The summed E-state index contributed by atoms with van der Waals surface area (Å²) in [4.78, 5) is 13.3. The minimum atomic E-state index is -0.668. The fourth-order valence-corrected chi connectivity index (χ4v) is 7.36. The minimum Gasteiger partial charge on any atom is -0.379 e. The highest BCUT2D eigenvalue weighted by atomic mass is 32.1. The zero-order valence-corrected chi connectivity index (χ0v) is 19.2. The van der Waals surface area contributed by atoms with Gasteiger partial charge in [0.2, 0.25) is 0 Å². The number of anilines is 2. The van der Waals surface area contributed by atoms with Crippen molar-refractivity contribution < 1.29 is 13.5 Å². The molecule has 0 saturated carbocycles. The van der Waals surface area contributed by atoms with E-state index in [4.69, 9.17) is 4.74 Å². The number of halogens is 2. The zero-order chi connectivity index (χ0) is 21.9. The maximum absolute atomic E-state index is 15.0. The van der Waals surface area contributed by atoms with Gasteiger partial charge in [0.1, 0.15) is 16.0 Å². The Morgan fingerprint density at radius 1 is 1.31 bits per heavy atom. The van der Waals surface area contributed by atoms with Crippen molar-refractivity contribution in [2.24, 2.45) is 0 Å². The Morgan fingerprint density at radius 3 is 3.03 bits per heavy atom. The van der Waals surface area contributed by atoms with E-state index in [0.29, 0.717) is 16.3 Å². The number of nitrogens with zero attached hydrogens (tertiary/aromatic N) is 3. The van der Waals surface area contributed by atoms with Crippen LogP contribution >= 0.6 is 22.7 Å². The summed E-state index contributed by atoms with van der Waals surface area (Å²) in [6.07, 6.45) is 3.79. The predicted molar refractivity (Wildman–Crippen MR) is 125 cm³/mol. The highest BCUT2D eigenvalue weighted by Crippen LogP contribution is 2.50. The predicted octanol–water partition coefficient (Wildman–Crippen LogP) is 5.90. The van der Waals surface area contributed by atoms with Gasteiger partial charge in [-0.2, -0.15) is 0 Å². The van der Waals surface area contributed by atoms with Gasteiger partial charge in [-0.3, -0.25) is 4.90 Å². The number of hydrogen-bond donors (Lipinski definition) is 1. The molecule has 2 saturated heterocycles. The molecule has 0 unspecified atom stereocenters. The number of thiophene rings is 1. The van der Waals surface area contributed by atoms with E-state index >= 15 is 0 Å². The molecule has 0 amide bonds. The Bertz CT molecular complexity index is 1310. The average Bonchev–Trinajstić information content (AvgIpc) is 3.58. The second-order valence-corrected chi connectivity index (χ2v) is 10.4. The topological polar surface area (TPSA) is 50.3 Å². The van der Waals surface area contributed by atoms with Crippen LogP contribution in [-0.4, -0.2) is 46.7 Å². The van der Waals surface area contributed by atoms with E-state index in [0.717, 1.165) is 49.4 Å². The number of nitrogens with one attached hydrogen (secondary N) is 1. The van der Waals surface area contributed by atoms with Gasteiger partial charge in [-0.25, -0.2) is 18.7 Å². The van der Waals surface area contributed by atoms with Crippen LogP contribution in [0.25, 0.3) is 20.4 Å². The fourth-order valence-electron chi connectivity index (χ4n) is 5.39. The Kier molecular flexibility index (Phi) is 4.90. The van der Waals surface area contributed by atoms with Gasteiger partial charge in [0.15, 0.2) is 11.6 Å². The number of rotatable bonds is 4. The monoisotopic (exact) mass is 472 g/mol. The Balaban J connectivity index is 1.41. The quantitative estimate of drug-likeness (QED) is 0.401. The first kappa shape index (κ1) is 20.4. The van der Waals surface area contributed by atoms with Crippen molar-refractivity contribution in [2.75, 3.05) is 31.6 Å². The van der Waals surface area contributed by atoms with Crippen molar-refractivity contribution in [3.05, 3.63) is 46.4 Å². The van der Waals surface area contributed by atoms with Gasteiger partial charge >= 0.3 is 0 Å². The summed E-state index contributed by atoms with van der Waals surface area (Å²) in [5.41, 5.74) is 2.21. The van der Waals surface area contributed by atoms with E-state index in [-0.39, 0.29) is 16.7 Å². The molecule has 9 heteroatoms. The van der Waals surface area contributed by atoms with Crippen LogP contribution < -0.4 is 5.32 Å². The lowest BCUT2D eigenvalue weighted by atomic mass is 9.82. The van der Waals surface area contributed by atoms with Crippen molar-refractivity contribution in [3.8, 4) is 0 Å². The van der Waals surface area contributed by atoms with Crippen LogP contribution in [0.3, 0.4) is 0 Å². The van der Waals surface area contributed by atoms with Gasteiger partial charge in [-0.1, -0.05) is 6.92 Å². The number of fused-ring (bicyclic) bond motifs is 2. The zero-order valence-electron chi connectivity index (χ0n) is 17.5. The second kappa shape index (κ2) is 7.69. The molecular weight excluding hydrogens is 450 g/mol. The number of ether oxygens (including phenoxy) is 1. The Hall–Kier alpha value is -2.20. The van der Waals surface area contributed by atoms with E-state index in [1.165, 1.54) is 27.8 Å². The summed E-state index contributed by atoms with van der Waals surface area (Å²) in [6.45, 7) is 5.82. The van der Waals surface area contributed by atoms with Gasteiger partial charge in [-0.05, 0) is 44.1 Å². The van der Waals surface area contributed by atoms with Crippen molar-refractivity contribution in [2.45, 2.75) is 31.2 Å². The molecule has 0 bridgehead atoms. The highest BCUT2D eigenvalue weighted by Gasteiger charge is 2.51.